The number of hydrogen-bond donors (Lipinski definition) is 2. The molecule has 0 aliphatic heterocycles. The maximum Gasteiger partial charge on any atom is 0.151 e. The summed E-state index contributed by atoms with van der Waals surface area (Å²) in [6.07, 6.45) is 0. The van der Waals surface area contributed by atoms with Crippen LogP contribution in [-0.2, 0) is 0 Å². The average Bonchev–Trinajstić information content (AvgIpc) is 2.34. The van der Waals surface area contributed by atoms with Gasteiger partial charge in [-0.1, -0.05) is 32.0 Å². The summed E-state index contributed by atoms with van der Waals surface area (Å²) in [5, 5.41) is 2.81. The summed E-state index contributed by atoms with van der Waals surface area (Å²) in [5.41, 5.74) is 6.97. The lowest BCUT2D eigenvalue weighted by Gasteiger charge is -2.15. The van der Waals surface area contributed by atoms with E-state index in [0.717, 1.165) is 17.7 Å². The third-order valence-electron chi connectivity index (χ3n) is 2.91. The molecule has 0 bridgehead atoms. The van der Waals surface area contributed by atoms with Crippen LogP contribution in [0.3, 0.4) is 0 Å². The smallest absolute Gasteiger partial charge is 0.151 e. The second kappa shape index (κ2) is 5.26. The Labute approximate surface area is 111 Å². The number of anilines is 3. The predicted molar refractivity (Wildman–Crippen MR) is 74.6 cm³/mol. The van der Waals surface area contributed by atoms with Crippen LogP contribution in [0, 0.1) is 11.6 Å². The van der Waals surface area contributed by atoms with Crippen LogP contribution in [0.25, 0.3) is 0 Å². The van der Waals surface area contributed by atoms with Crippen LogP contribution in [0.1, 0.15) is 25.3 Å². The van der Waals surface area contributed by atoms with Gasteiger partial charge in [-0.05, 0) is 29.7 Å². The molecule has 0 amide bonds. The van der Waals surface area contributed by atoms with Crippen LogP contribution >= 0.6 is 0 Å². The molecule has 0 aromatic heterocycles. The highest BCUT2D eigenvalue weighted by molar-refractivity contribution is 5.66. The minimum absolute atomic E-state index is 0.0673. The van der Waals surface area contributed by atoms with Crippen molar-refractivity contribution < 1.29 is 8.78 Å². The number of rotatable bonds is 3. The molecule has 0 saturated carbocycles. The molecule has 0 heterocycles. The van der Waals surface area contributed by atoms with Crippen molar-refractivity contribution in [3.05, 3.63) is 53.6 Å². The second-order valence-electron chi connectivity index (χ2n) is 4.73. The normalized spacial score (nSPS) is 10.8. The molecule has 100 valence electrons. The highest BCUT2D eigenvalue weighted by Crippen LogP contribution is 2.30. The van der Waals surface area contributed by atoms with Crippen LogP contribution in [0.4, 0.5) is 25.8 Å². The van der Waals surface area contributed by atoms with E-state index in [9.17, 15) is 8.78 Å². The molecule has 0 aliphatic carbocycles. The molecular formula is C15H16F2N2. The van der Waals surface area contributed by atoms with Crippen molar-refractivity contribution in [3.8, 4) is 0 Å². The van der Waals surface area contributed by atoms with Gasteiger partial charge in [0.15, 0.2) is 11.6 Å². The maximum absolute atomic E-state index is 13.7. The molecular weight excluding hydrogens is 246 g/mol. The molecule has 2 nitrogen and oxygen atoms in total. The minimum Gasteiger partial charge on any atom is -0.399 e. The molecule has 2 aromatic carbocycles. The lowest BCUT2D eigenvalue weighted by molar-refractivity contribution is 0.592. The Bertz CT molecular complexity index is 571. The van der Waals surface area contributed by atoms with E-state index in [1.807, 2.05) is 32.0 Å². The molecule has 2 aromatic rings. The van der Waals surface area contributed by atoms with Gasteiger partial charge in [0.05, 0.1) is 0 Å². The number of hydrogen-bond acceptors (Lipinski definition) is 2. The van der Waals surface area contributed by atoms with Crippen molar-refractivity contribution in [3.63, 3.8) is 0 Å². The molecule has 0 spiro atoms. The van der Waals surface area contributed by atoms with Gasteiger partial charge in [-0.2, -0.15) is 0 Å². The van der Waals surface area contributed by atoms with Crippen LogP contribution in [0.2, 0.25) is 0 Å². The molecule has 4 heteroatoms. The number of nitrogens with one attached hydrogen (secondary N) is 1. The number of benzene rings is 2. The zero-order valence-electron chi connectivity index (χ0n) is 10.9. The van der Waals surface area contributed by atoms with Crippen molar-refractivity contribution in [1.29, 1.82) is 0 Å². The molecule has 2 rings (SSSR count). The van der Waals surface area contributed by atoms with E-state index < -0.39 is 11.6 Å². The van der Waals surface area contributed by atoms with E-state index >= 15 is 0 Å². The number of halogens is 2. The fourth-order valence-corrected chi connectivity index (χ4v) is 1.96. The second-order valence-corrected chi connectivity index (χ2v) is 4.73. The van der Waals surface area contributed by atoms with Gasteiger partial charge in [-0.25, -0.2) is 8.78 Å². The van der Waals surface area contributed by atoms with Gasteiger partial charge in [-0.3, -0.25) is 0 Å². The lowest BCUT2D eigenvalue weighted by atomic mass is 10.0. The summed E-state index contributed by atoms with van der Waals surface area (Å²) >= 11 is 0. The zero-order valence-corrected chi connectivity index (χ0v) is 10.9. The Hall–Kier alpha value is -2.10. The Morgan fingerprint density at radius 3 is 2.21 bits per heavy atom. The van der Waals surface area contributed by atoms with Gasteiger partial charge in [0, 0.05) is 11.4 Å². The highest BCUT2D eigenvalue weighted by Gasteiger charge is 2.13. The van der Waals surface area contributed by atoms with Gasteiger partial charge in [-0.15, -0.1) is 0 Å². The van der Waals surface area contributed by atoms with Gasteiger partial charge < -0.3 is 11.1 Å². The minimum atomic E-state index is -0.698. The van der Waals surface area contributed by atoms with E-state index in [1.54, 1.807) is 6.07 Å². The molecule has 0 aliphatic rings. The third kappa shape index (κ3) is 2.84. The Kier molecular flexibility index (Phi) is 3.69. The Morgan fingerprint density at radius 1 is 1.05 bits per heavy atom. The quantitative estimate of drug-likeness (QED) is 0.804. The first kappa shape index (κ1) is 13.3. The molecule has 0 radical (unpaired) electrons. The fourth-order valence-electron chi connectivity index (χ4n) is 1.96. The van der Waals surface area contributed by atoms with Gasteiger partial charge in [0.25, 0.3) is 0 Å². The molecule has 0 saturated heterocycles. The fraction of sp³-hybridized carbons (Fsp3) is 0.200. The van der Waals surface area contributed by atoms with Crippen LogP contribution in [-0.4, -0.2) is 0 Å². The Morgan fingerprint density at radius 2 is 1.63 bits per heavy atom. The lowest BCUT2D eigenvalue weighted by Crippen LogP contribution is -2.02. The number of nitrogens with two attached hydrogens (primary N) is 1. The third-order valence-corrected chi connectivity index (χ3v) is 2.91. The predicted octanol–water partition coefficient (Wildman–Crippen LogP) is 4.41. The first-order valence-electron chi connectivity index (χ1n) is 6.09. The Balaban J connectivity index is 2.42. The molecule has 0 fully saturated rings. The van der Waals surface area contributed by atoms with Crippen molar-refractivity contribution in [2.24, 2.45) is 0 Å². The molecule has 0 unspecified atom stereocenters. The van der Waals surface area contributed by atoms with E-state index in [4.69, 9.17) is 5.73 Å². The van der Waals surface area contributed by atoms with Gasteiger partial charge in [0.1, 0.15) is 5.69 Å². The first-order valence-corrected chi connectivity index (χ1v) is 6.09. The average molecular weight is 262 g/mol. The topological polar surface area (TPSA) is 38.0 Å². The summed E-state index contributed by atoms with van der Waals surface area (Å²) in [6, 6.07) is 9.65. The van der Waals surface area contributed by atoms with Crippen LogP contribution < -0.4 is 11.1 Å². The number of para-hydroxylation sites is 1. The SMILES string of the molecule is CC(C)c1ccccc1Nc1c(F)cc(N)cc1F. The van der Waals surface area contributed by atoms with E-state index in [0.29, 0.717) is 5.69 Å². The van der Waals surface area contributed by atoms with Crippen molar-refractivity contribution in [1.82, 2.24) is 0 Å². The number of nitrogen functional groups attached to an aromatic ring is 1. The van der Waals surface area contributed by atoms with Crippen molar-refractivity contribution in [2.75, 3.05) is 11.1 Å². The molecule has 0 atom stereocenters. The van der Waals surface area contributed by atoms with Crippen LogP contribution in [0.5, 0.6) is 0 Å². The van der Waals surface area contributed by atoms with E-state index in [1.165, 1.54) is 0 Å². The summed E-state index contributed by atoms with van der Waals surface area (Å²) in [5.74, 6) is -1.14. The van der Waals surface area contributed by atoms with Crippen molar-refractivity contribution >= 4 is 17.1 Å². The summed E-state index contributed by atoms with van der Waals surface area (Å²) < 4.78 is 27.5. The first-order chi connectivity index (χ1) is 8.99. The summed E-state index contributed by atoms with van der Waals surface area (Å²) in [6.45, 7) is 4.05. The monoisotopic (exact) mass is 262 g/mol. The van der Waals surface area contributed by atoms with E-state index in [-0.39, 0.29) is 17.3 Å². The summed E-state index contributed by atoms with van der Waals surface area (Å²) in [7, 11) is 0. The van der Waals surface area contributed by atoms with Crippen molar-refractivity contribution in [2.45, 2.75) is 19.8 Å². The summed E-state index contributed by atoms with van der Waals surface area (Å²) in [4.78, 5) is 0. The van der Waals surface area contributed by atoms with E-state index in [2.05, 4.69) is 5.32 Å². The maximum atomic E-state index is 13.7. The molecule has 3 N–H and O–H groups in total. The zero-order chi connectivity index (χ0) is 14.0. The molecule has 19 heavy (non-hydrogen) atoms. The largest absolute Gasteiger partial charge is 0.399 e. The van der Waals surface area contributed by atoms with Crippen LogP contribution in [0.15, 0.2) is 36.4 Å². The standard InChI is InChI=1S/C15H16F2N2/c1-9(2)11-5-3-4-6-14(11)19-15-12(16)7-10(18)8-13(15)17/h3-9,19H,18H2,1-2H3. The van der Waals surface area contributed by atoms with Gasteiger partial charge >= 0.3 is 0 Å². The van der Waals surface area contributed by atoms with Gasteiger partial charge in [0.2, 0.25) is 0 Å². The highest BCUT2D eigenvalue weighted by atomic mass is 19.1.